The Morgan fingerprint density at radius 3 is 2.67 bits per heavy atom. The minimum Gasteiger partial charge on any atom is -0.489 e. The number of nitrogens with one attached hydrogen (secondary N) is 1. The van der Waals surface area contributed by atoms with E-state index in [0.29, 0.717) is 16.1 Å². The van der Waals surface area contributed by atoms with E-state index in [1.165, 1.54) is 0 Å². The van der Waals surface area contributed by atoms with Crippen molar-refractivity contribution in [1.29, 1.82) is 0 Å². The van der Waals surface area contributed by atoms with Gasteiger partial charge in [0.2, 0.25) is 0 Å². The molecule has 1 aliphatic heterocycles. The zero-order chi connectivity index (χ0) is 10.7. The van der Waals surface area contributed by atoms with Crippen molar-refractivity contribution < 1.29 is 4.74 Å². The monoisotopic (exact) mass is 246 g/mol. The van der Waals surface area contributed by atoms with E-state index in [4.69, 9.17) is 27.9 Å². The second-order valence-corrected chi connectivity index (χ2v) is 4.31. The second kappa shape index (κ2) is 5.01. The summed E-state index contributed by atoms with van der Waals surface area (Å²) in [4.78, 5) is 3.86. The van der Waals surface area contributed by atoms with Crippen LogP contribution in [0.3, 0.4) is 0 Å². The summed E-state index contributed by atoms with van der Waals surface area (Å²) in [6.07, 6.45) is 2.40. The van der Waals surface area contributed by atoms with E-state index >= 15 is 0 Å². The summed E-state index contributed by atoms with van der Waals surface area (Å²) in [5.41, 5.74) is 0. The number of nitrogens with zero attached hydrogens (tertiary/aromatic N) is 1. The Kier molecular flexibility index (Phi) is 3.67. The van der Waals surface area contributed by atoms with Crippen LogP contribution in [0.25, 0.3) is 0 Å². The maximum Gasteiger partial charge on any atom is 0.134 e. The van der Waals surface area contributed by atoms with Crippen molar-refractivity contribution in [3.8, 4) is 5.75 Å². The van der Waals surface area contributed by atoms with Crippen LogP contribution in [-0.4, -0.2) is 24.2 Å². The molecule has 1 fully saturated rings. The van der Waals surface area contributed by atoms with Crippen LogP contribution in [0, 0.1) is 0 Å². The molecule has 2 heterocycles. The first kappa shape index (κ1) is 11.0. The average Bonchev–Trinajstić information content (AvgIpc) is 2.17. The molecule has 0 saturated carbocycles. The quantitative estimate of drug-likeness (QED) is 0.815. The van der Waals surface area contributed by atoms with Crippen molar-refractivity contribution >= 4 is 23.2 Å². The lowest BCUT2D eigenvalue weighted by Crippen LogP contribution is -2.37. The van der Waals surface area contributed by atoms with Gasteiger partial charge in [-0.05, 0) is 19.4 Å². The number of aromatic nitrogens is 1. The average molecular weight is 247 g/mol. The smallest absolute Gasteiger partial charge is 0.134 e. The maximum absolute atomic E-state index is 5.78. The third-order valence-electron chi connectivity index (χ3n) is 2.29. The molecule has 0 aliphatic carbocycles. The van der Waals surface area contributed by atoms with Gasteiger partial charge in [-0.1, -0.05) is 23.2 Å². The molecule has 0 radical (unpaired) electrons. The van der Waals surface area contributed by atoms with Crippen LogP contribution in [0.1, 0.15) is 12.8 Å². The molecule has 5 heteroatoms. The number of piperidine rings is 1. The van der Waals surface area contributed by atoms with Gasteiger partial charge in [0.1, 0.15) is 22.2 Å². The fourth-order valence-electron chi connectivity index (χ4n) is 1.62. The number of pyridine rings is 1. The van der Waals surface area contributed by atoms with Gasteiger partial charge in [0.25, 0.3) is 0 Å². The molecule has 3 nitrogen and oxygen atoms in total. The van der Waals surface area contributed by atoms with E-state index in [1.54, 1.807) is 12.1 Å². The molecular weight excluding hydrogens is 235 g/mol. The van der Waals surface area contributed by atoms with Crippen molar-refractivity contribution in [2.24, 2.45) is 0 Å². The van der Waals surface area contributed by atoms with Crippen molar-refractivity contribution in [1.82, 2.24) is 10.3 Å². The molecule has 0 bridgehead atoms. The predicted octanol–water partition coefficient (Wildman–Crippen LogP) is 2.52. The summed E-state index contributed by atoms with van der Waals surface area (Å²) < 4.78 is 5.75. The molecular formula is C10H12Cl2N2O. The van der Waals surface area contributed by atoms with Gasteiger partial charge in [-0.2, -0.15) is 0 Å². The Balaban J connectivity index is 2.02. The molecule has 2 rings (SSSR count). The molecule has 1 aromatic rings. The van der Waals surface area contributed by atoms with E-state index in [9.17, 15) is 0 Å². The summed E-state index contributed by atoms with van der Waals surface area (Å²) in [5.74, 6) is 0.689. The fourth-order valence-corrected chi connectivity index (χ4v) is 2.06. The molecule has 15 heavy (non-hydrogen) atoms. The Labute approximate surface area is 98.7 Å². The van der Waals surface area contributed by atoms with E-state index in [-0.39, 0.29) is 6.10 Å². The molecule has 1 N–H and O–H groups in total. The Hall–Kier alpha value is -0.510. The van der Waals surface area contributed by atoms with Gasteiger partial charge in [0, 0.05) is 18.7 Å². The topological polar surface area (TPSA) is 34.1 Å². The van der Waals surface area contributed by atoms with Gasteiger partial charge < -0.3 is 10.1 Å². The van der Waals surface area contributed by atoms with E-state index in [2.05, 4.69) is 10.3 Å². The Morgan fingerprint density at radius 2 is 2.07 bits per heavy atom. The SMILES string of the molecule is Clc1cc(OC2CCCNC2)cc(Cl)n1. The van der Waals surface area contributed by atoms with E-state index in [0.717, 1.165) is 25.9 Å². The number of ether oxygens (including phenoxy) is 1. The van der Waals surface area contributed by atoms with Gasteiger partial charge in [0.05, 0.1) is 0 Å². The van der Waals surface area contributed by atoms with Crippen molar-refractivity contribution in [2.45, 2.75) is 18.9 Å². The molecule has 1 aromatic heterocycles. The summed E-state index contributed by atoms with van der Waals surface area (Å²) in [5, 5.41) is 4.00. The lowest BCUT2D eigenvalue weighted by atomic mass is 10.1. The number of hydrogen-bond donors (Lipinski definition) is 1. The second-order valence-electron chi connectivity index (χ2n) is 3.53. The molecule has 0 spiro atoms. The normalized spacial score (nSPS) is 21.3. The Morgan fingerprint density at radius 1 is 1.33 bits per heavy atom. The van der Waals surface area contributed by atoms with Crippen LogP contribution in [0.15, 0.2) is 12.1 Å². The molecule has 0 aromatic carbocycles. The van der Waals surface area contributed by atoms with Crippen LogP contribution >= 0.6 is 23.2 Å². The third-order valence-corrected chi connectivity index (χ3v) is 2.68. The highest BCUT2D eigenvalue weighted by Crippen LogP contribution is 2.22. The number of hydrogen-bond acceptors (Lipinski definition) is 3. The van der Waals surface area contributed by atoms with Crippen molar-refractivity contribution in [3.63, 3.8) is 0 Å². The predicted molar refractivity (Wildman–Crippen MR) is 60.8 cm³/mol. The summed E-state index contributed by atoms with van der Waals surface area (Å²) in [6, 6.07) is 3.37. The lowest BCUT2D eigenvalue weighted by molar-refractivity contribution is 0.167. The largest absolute Gasteiger partial charge is 0.489 e. The standard InChI is InChI=1S/C10H12Cl2N2O/c11-9-4-8(5-10(12)14-9)15-7-2-1-3-13-6-7/h4-5,7,13H,1-3,6H2. The number of rotatable bonds is 2. The highest BCUT2D eigenvalue weighted by molar-refractivity contribution is 6.32. The van der Waals surface area contributed by atoms with Gasteiger partial charge in [-0.3, -0.25) is 0 Å². The van der Waals surface area contributed by atoms with Gasteiger partial charge in [-0.25, -0.2) is 4.98 Å². The van der Waals surface area contributed by atoms with Crippen LogP contribution < -0.4 is 10.1 Å². The maximum atomic E-state index is 5.78. The molecule has 1 aliphatic rings. The van der Waals surface area contributed by atoms with Crippen molar-refractivity contribution in [3.05, 3.63) is 22.4 Å². The fraction of sp³-hybridized carbons (Fsp3) is 0.500. The first-order valence-electron chi connectivity index (χ1n) is 4.94. The molecule has 1 unspecified atom stereocenters. The van der Waals surface area contributed by atoms with Crippen LogP contribution in [0.2, 0.25) is 10.3 Å². The number of halogens is 2. The Bertz CT molecular complexity index is 320. The van der Waals surface area contributed by atoms with Crippen LogP contribution in [0.5, 0.6) is 5.75 Å². The minimum atomic E-state index is 0.202. The zero-order valence-corrected chi connectivity index (χ0v) is 9.68. The molecule has 1 atom stereocenters. The van der Waals surface area contributed by atoms with Crippen molar-refractivity contribution in [2.75, 3.05) is 13.1 Å². The molecule has 0 amide bonds. The zero-order valence-electron chi connectivity index (χ0n) is 8.17. The highest BCUT2D eigenvalue weighted by atomic mass is 35.5. The van der Waals surface area contributed by atoms with Gasteiger partial charge in [0.15, 0.2) is 0 Å². The molecule has 1 saturated heterocycles. The summed E-state index contributed by atoms with van der Waals surface area (Å²) in [6.45, 7) is 1.94. The van der Waals surface area contributed by atoms with Gasteiger partial charge in [-0.15, -0.1) is 0 Å². The van der Waals surface area contributed by atoms with Crippen LogP contribution in [-0.2, 0) is 0 Å². The highest BCUT2D eigenvalue weighted by Gasteiger charge is 2.14. The van der Waals surface area contributed by atoms with E-state index < -0.39 is 0 Å². The van der Waals surface area contributed by atoms with E-state index in [1.807, 2.05) is 0 Å². The first-order valence-corrected chi connectivity index (χ1v) is 5.70. The van der Waals surface area contributed by atoms with Gasteiger partial charge >= 0.3 is 0 Å². The summed E-state index contributed by atoms with van der Waals surface area (Å²) >= 11 is 11.6. The molecule has 82 valence electrons. The first-order chi connectivity index (χ1) is 7.24. The minimum absolute atomic E-state index is 0.202. The lowest BCUT2D eigenvalue weighted by Gasteiger charge is -2.23. The third kappa shape index (κ3) is 3.23. The van der Waals surface area contributed by atoms with Crippen LogP contribution in [0.4, 0.5) is 0 Å². The summed E-state index contributed by atoms with van der Waals surface area (Å²) in [7, 11) is 0.